The van der Waals surface area contributed by atoms with Crippen LogP contribution in [0.2, 0.25) is 0 Å². The van der Waals surface area contributed by atoms with Crippen LogP contribution in [0.4, 0.5) is 4.39 Å². The van der Waals surface area contributed by atoms with E-state index in [1.807, 2.05) is 18.2 Å². The number of nitrogens with one attached hydrogen (secondary N) is 1. The predicted octanol–water partition coefficient (Wildman–Crippen LogP) is 4.67. The lowest BCUT2D eigenvalue weighted by Gasteiger charge is -2.14. The highest BCUT2D eigenvalue weighted by atomic mass is 79.9. The van der Waals surface area contributed by atoms with Gasteiger partial charge in [0.15, 0.2) is 11.6 Å². The predicted molar refractivity (Wildman–Crippen MR) is 86.8 cm³/mol. The molecule has 2 aromatic carbocycles. The van der Waals surface area contributed by atoms with Crippen molar-refractivity contribution in [1.82, 2.24) is 5.32 Å². The monoisotopic (exact) mass is 351 g/mol. The van der Waals surface area contributed by atoms with Crippen molar-refractivity contribution in [1.29, 1.82) is 0 Å². The van der Waals surface area contributed by atoms with Crippen LogP contribution in [0.5, 0.6) is 5.75 Å². The smallest absolute Gasteiger partial charge is 0.165 e. The maximum Gasteiger partial charge on any atom is 0.165 e. The van der Waals surface area contributed by atoms with Crippen LogP contribution >= 0.6 is 15.9 Å². The maximum atomic E-state index is 13.7. The molecule has 2 nitrogen and oxygen atoms in total. The van der Waals surface area contributed by atoms with Crippen LogP contribution in [0.1, 0.15) is 25.0 Å². The molecule has 0 atom stereocenters. The minimum absolute atomic E-state index is 0.260. The molecule has 4 heteroatoms. The zero-order valence-electron chi connectivity index (χ0n) is 12.2. The zero-order chi connectivity index (χ0) is 15.2. The summed E-state index contributed by atoms with van der Waals surface area (Å²) in [4.78, 5) is 0. The molecular weight excluding hydrogens is 333 g/mol. The van der Waals surface area contributed by atoms with E-state index in [2.05, 4.69) is 41.2 Å². The van der Waals surface area contributed by atoms with Crippen LogP contribution < -0.4 is 10.1 Å². The molecule has 0 heterocycles. The first-order valence-corrected chi connectivity index (χ1v) is 7.73. The fourth-order valence-electron chi connectivity index (χ4n) is 1.93. The zero-order valence-corrected chi connectivity index (χ0v) is 13.8. The van der Waals surface area contributed by atoms with E-state index in [-0.39, 0.29) is 11.6 Å². The first-order chi connectivity index (χ1) is 10.1. The highest BCUT2D eigenvalue weighted by Gasteiger charge is 2.07. The topological polar surface area (TPSA) is 21.3 Å². The fraction of sp³-hybridized carbons (Fsp3) is 0.294. The summed E-state index contributed by atoms with van der Waals surface area (Å²) in [6, 6.07) is 13.1. The van der Waals surface area contributed by atoms with Gasteiger partial charge in [0, 0.05) is 17.1 Å². The molecule has 0 saturated carbocycles. The lowest BCUT2D eigenvalue weighted by atomic mass is 10.1. The molecule has 0 aliphatic heterocycles. The van der Waals surface area contributed by atoms with Gasteiger partial charge >= 0.3 is 0 Å². The van der Waals surface area contributed by atoms with E-state index in [9.17, 15) is 4.39 Å². The molecule has 0 fully saturated rings. The first-order valence-electron chi connectivity index (χ1n) is 6.94. The summed E-state index contributed by atoms with van der Waals surface area (Å²) in [7, 11) is 0. The quantitative estimate of drug-likeness (QED) is 0.816. The number of ether oxygens (including phenoxy) is 1. The minimum atomic E-state index is -0.351. The second-order valence-corrected chi connectivity index (χ2v) is 6.08. The molecule has 0 aromatic heterocycles. The van der Waals surface area contributed by atoms with E-state index in [1.54, 1.807) is 12.1 Å². The van der Waals surface area contributed by atoms with Crippen LogP contribution in [0.15, 0.2) is 46.9 Å². The van der Waals surface area contributed by atoms with Gasteiger partial charge in [0.25, 0.3) is 0 Å². The third-order valence-corrected chi connectivity index (χ3v) is 3.59. The lowest BCUT2D eigenvalue weighted by Crippen LogP contribution is -2.22. The van der Waals surface area contributed by atoms with Gasteiger partial charge in [0.05, 0.1) is 0 Å². The molecule has 0 radical (unpaired) electrons. The number of hydrogen-bond donors (Lipinski definition) is 1. The Hall–Kier alpha value is -1.39. The first kappa shape index (κ1) is 16.0. The molecule has 2 rings (SSSR count). The molecule has 0 amide bonds. The van der Waals surface area contributed by atoms with Crippen molar-refractivity contribution in [2.45, 2.75) is 33.0 Å². The van der Waals surface area contributed by atoms with Crippen LogP contribution in [0.25, 0.3) is 0 Å². The summed E-state index contributed by atoms with van der Waals surface area (Å²) in [5.41, 5.74) is 2.23. The Bertz CT molecular complexity index is 601. The van der Waals surface area contributed by atoms with Crippen molar-refractivity contribution in [2.75, 3.05) is 0 Å². The Morgan fingerprint density at radius 1 is 1.14 bits per heavy atom. The van der Waals surface area contributed by atoms with Gasteiger partial charge in [-0.2, -0.15) is 0 Å². The summed E-state index contributed by atoms with van der Waals surface area (Å²) in [6.07, 6.45) is 0. The maximum absolute atomic E-state index is 13.7. The molecule has 0 aliphatic rings. The van der Waals surface area contributed by atoms with Gasteiger partial charge in [-0.15, -0.1) is 0 Å². The van der Waals surface area contributed by atoms with Crippen LogP contribution in [-0.2, 0) is 13.2 Å². The van der Waals surface area contributed by atoms with Gasteiger partial charge in [-0.25, -0.2) is 4.39 Å². The van der Waals surface area contributed by atoms with Gasteiger partial charge < -0.3 is 10.1 Å². The Morgan fingerprint density at radius 2 is 1.86 bits per heavy atom. The highest BCUT2D eigenvalue weighted by molar-refractivity contribution is 9.10. The summed E-state index contributed by atoms with van der Waals surface area (Å²) in [6.45, 7) is 5.34. The largest absolute Gasteiger partial charge is 0.486 e. The summed E-state index contributed by atoms with van der Waals surface area (Å²) in [5.74, 6) is -0.0908. The van der Waals surface area contributed by atoms with E-state index in [4.69, 9.17) is 4.74 Å². The minimum Gasteiger partial charge on any atom is -0.486 e. The van der Waals surface area contributed by atoms with Gasteiger partial charge in [-0.05, 0) is 29.3 Å². The third-order valence-electron chi connectivity index (χ3n) is 3.10. The van der Waals surface area contributed by atoms with Gasteiger partial charge in [-0.3, -0.25) is 0 Å². The molecule has 21 heavy (non-hydrogen) atoms. The second-order valence-electron chi connectivity index (χ2n) is 5.17. The van der Waals surface area contributed by atoms with Crippen LogP contribution in [-0.4, -0.2) is 6.04 Å². The van der Waals surface area contributed by atoms with Crippen molar-refractivity contribution in [2.24, 2.45) is 0 Å². The average molecular weight is 352 g/mol. The molecule has 0 aliphatic carbocycles. The Kier molecular flexibility index (Phi) is 5.76. The SMILES string of the molecule is CC(C)NCc1ccccc1COc1cc(Br)ccc1F. The lowest BCUT2D eigenvalue weighted by molar-refractivity contribution is 0.288. The number of halogens is 2. The van der Waals surface area contributed by atoms with Gasteiger partial charge in [-0.1, -0.05) is 54.0 Å². The van der Waals surface area contributed by atoms with Gasteiger partial charge in [0.1, 0.15) is 6.61 Å². The standard InChI is InChI=1S/C17H19BrFNO/c1-12(2)20-10-13-5-3-4-6-14(13)11-21-17-9-15(18)7-8-16(17)19/h3-9,12,20H,10-11H2,1-2H3. The molecule has 0 unspecified atom stereocenters. The molecule has 112 valence electrons. The summed E-state index contributed by atoms with van der Waals surface area (Å²) >= 11 is 3.32. The van der Waals surface area contributed by atoms with Crippen molar-refractivity contribution >= 4 is 15.9 Å². The Balaban J connectivity index is 2.07. The number of benzene rings is 2. The van der Waals surface area contributed by atoms with E-state index in [0.717, 1.165) is 16.6 Å². The van der Waals surface area contributed by atoms with Crippen molar-refractivity contribution in [3.63, 3.8) is 0 Å². The van der Waals surface area contributed by atoms with Gasteiger partial charge in [0.2, 0.25) is 0 Å². The molecule has 0 spiro atoms. The average Bonchev–Trinajstić information content (AvgIpc) is 2.47. The second kappa shape index (κ2) is 7.57. The van der Waals surface area contributed by atoms with E-state index < -0.39 is 0 Å². The summed E-state index contributed by atoms with van der Waals surface area (Å²) in [5, 5.41) is 3.38. The van der Waals surface area contributed by atoms with Crippen molar-refractivity contribution in [3.05, 3.63) is 63.9 Å². The van der Waals surface area contributed by atoms with E-state index in [1.165, 1.54) is 11.6 Å². The van der Waals surface area contributed by atoms with Crippen molar-refractivity contribution in [3.8, 4) is 5.75 Å². The highest BCUT2D eigenvalue weighted by Crippen LogP contribution is 2.23. The fourth-order valence-corrected chi connectivity index (χ4v) is 2.27. The number of rotatable bonds is 6. The Labute approximate surface area is 133 Å². The molecule has 0 bridgehead atoms. The van der Waals surface area contributed by atoms with E-state index >= 15 is 0 Å². The van der Waals surface area contributed by atoms with Crippen LogP contribution in [0.3, 0.4) is 0 Å². The normalized spacial score (nSPS) is 10.9. The third kappa shape index (κ3) is 4.83. The van der Waals surface area contributed by atoms with Crippen LogP contribution in [0, 0.1) is 5.82 Å². The van der Waals surface area contributed by atoms with Crippen molar-refractivity contribution < 1.29 is 9.13 Å². The van der Waals surface area contributed by atoms with E-state index in [0.29, 0.717) is 12.6 Å². The Morgan fingerprint density at radius 3 is 2.57 bits per heavy atom. The molecular formula is C17H19BrFNO. The molecule has 1 N–H and O–H groups in total. The molecule has 0 saturated heterocycles. The molecule has 2 aromatic rings. The number of hydrogen-bond acceptors (Lipinski definition) is 2. The summed E-state index contributed by atoms with van der Waals surface area (Å²) < 4.78 is 20.1.